The summed E-state index contributed by atoms with van der Waals surface area (Å²) in [6.07, 6.45) is 0.600. The lowest BCUT2D eigenvalue weighted by atomic mass is 10.1. The summed E-state index contributed by atoms with van der Waals surface area (Å²) in [6.45, 7) is 2.13. The van der Waals surface area contributed by atoms with Gasteiger partial charge in [-0.2, -0.15) is 0 Å². The third-order valence-electron chi connectivity index (χ3n) is 2.47. The Morgan fingerprint density at radius 2 is 1.95 bits per heavy atom. The number of carbonyl (C=O) groups excluding carboxylic acids is 1. The van der Waals surface area contributed by atoms with Crippen LogP contribution in [0, 0.1) is 0 Å². The van der Waals surface area contributed by atoms with Crippen LogP contribution in [-0.2, 0) is 11.2 Å². The summed E-state index contributed by atoms with van der Waals surface area (Å²) < 4.78 is 0. The molecule has 0 saturated heterocycles. The predicted molar refractivity (Wildman–Crippen MR) is 73.4 cm³/mol. The number of hydrogen-bond donors (Lipinski definition) is 3. The maximum absolute atomic E-state index is 11.4. The van der Waals surface area contributed by atoms with Crippen molar-refractivity contribution in [2.45, 2.75) is 25.8 Å². The van der Waals surface area contributed by atoms with Gasteiger partial charge in [-0.1, -0.05) is 23.7 Å². The third kappa shape index (κ3) is 6.67. The van der Waals surface area contributed by atoms with E-state index in [1.165, 1.54) is 0 Å². The van der Waals surface area contributed by atoms with E-state index in [1.807, 2.05) is 12.1 Å². The van der Waals surface area contributed by atoms with Crippen LogP contribution in [0.15, 0.2) is 24.3 Å². The van der Waals surface area contributed by atoms with Crippen molar-refractivity contribution in [3.63, 3.8) is 0 Å². The molecule has 0 aliphatic heterocycles. The van der Waals surface area contributed by atoms with Crippen LogP contribution in [-0.4, -0.2) is 29.7 Å². The molecule has 1 aromatic rings. The van der Waals surface area contributed by atoms with Gasteiger partial charge in [0.05, 0.1) is 6.42 Å². The molecule has 6 heteroatoms. The van der Waals surface area contributed by atoms with Crippen LogP contribution >= 0.6 is 11.6 Å². The van der Waals surface area contributed by atoms with Crippen LogP contribution in [0.2, 0.25) is 5.02 Å². The van der Waals surface area contributed by atoms with E-state index in [0.29, 0.717) is 18.0 Å². The van der Waals surface area contributed by atoms with Crippen molar-refractivity contribution in [1.82, 2.24) is 10.6 Å². The van der Waals surface area contributed by atoms with E-state index in [-0.39, 0.29) is 12.5 Å². The molecule has 0 aliphatic carbocycles. The Kier molecular flexibility index (Phi) is 6.15. The molecule has 0 heterocycles. The van der Waals surface area contributed by atoms with Crippen molar-refractivity contribution in [1.29, 1.82) is 0 Å². The lowest BCUT2D eigenvalue weighted by molar-refractivity contribution is -0.137. The maximum atomic E-state index is 11.4. The van der Waals surface area contributed by atoms with Gasteiger partial charge in [-0.15, -0.1) is 0 Å². The molecule has 0 bridgehead atoms. The highest BCUT2D eigenvalue weighted by Crippen LogP contribution is 2.09. The van der Waals surface area contributed by atoms with Gasteiger partial charge in [0.25, 0.3) is 0 Å². The normalized spacial score (nSPS) is 11.7. The lowest BCUT2D eigenvalue weighted by Gasteiger charge is -2.12. The average molecular weight is 285 g/mol. The van der Waals surface area contributed by atoms with E-state index < -0.39 is 12.0 Å². The highest BCUT2D eigenvalue weighted by atomic mass is 35.5. The first-order valence-electron chi connectivity index (χ1n) is 5.98. The van der Waals surface area contributed by atoms with Crippen molar-refractivity contribution in [2.75, 3.05) is 6.54 Å². The van der Waals surface area contributed by atoms with Crippen molar-refractivity contribution >= 4 is 23.6 Å². The van der Waals surface area contributed by atoms with Gasteiger partial charge in [-0.05, 0) is 31.0 Å². The number of nitrogens with one attached hydrogen (secondary N) is 2. The van der Waals surface area contributed by atoms with Crippen LogP contribution in [0.5, 0.6) is 0 Å². The molecule has 1 atom stereocenters. The highest BCUT2D eigenvalue weighted by Gasteiger charge is 2.10. The molecular weight excluding hydrogens is 268 g/mol. The van der Waals surface area contributed by atoms with Crippen LogP contribution in [0.25, 0.3) is 0 Å². The van der Waals surface area contributed by atoms with Gasteiger partial charge < -0.3 is 15.7 Å². The largest absolute Gasteiger partial charge is 0.481 e. The fourth-order valence-electron chi connectivity index (χ4n) is 1.56. The molecule has 0 fully saturated rings. The molecule has 0 radical (unpaired) electrons. The summed E-state index contributed by atoms with van der Waals surface area (Å²) in [5, 5.41) is 14.5. The summed E-state index contributed by atoms with van der Waals surface area (Å²) in [5.41, 5.74) is 1.07. The molecule has 5 nitrogen and oxygen atoms in total. The van der Waals surface area contributed by atoms with Gasteiger partial charge in [0, 0.05) is 17.6 Å². The second-order valence-electron chi connectivity index (χ2n) is 4.28. The molecule has 19 heavy (non-hydrogen) atoms. The second-order valence-corrected chi connectivity index (χ2v) is 4.71. The maximum Gasteiger partial charge on any atom is 0.315 e. The van der Waals surface area contributed by atoms with Gasteiger partial charge in [0.1, 0.15) is 0 Å². The number of rotatable bonds is 6. The molecule has 0 aliphatic rings. The molecule has 0 aromatic heterocycles. The molecule has 3 N–H and O–H groups in total. The van der Waals surface area contributed by atoms with Gasteiger partial charge in [0.15, 0.2) is 0 Å². The van der Waals surface area contributed by atoms with Gasteiger partial charge in [0.2, 0.25) is 0 Å². The van der Waals surface area contributed by atoms with Crippen LogP contribution in [0.4, 0.5) is 4.79 Å². The topological polar surface area (TPSA) is 78.4 Å². The first-order valence-corrected chi connectivity index (χ1v) is 6.36. The number of carboxylic acid groups (broad SMARTS) is 1. The number of urea groups is 1. The Morgan fingerprint density at radius 1 is 1.32 bits per heavy atom. The zero-order chi connectivity index (χ0) is 14.3. The van der Waals surface area contributed by atoms with E-state index in [1.54, 1.807) is 19.1 Å². The molecule has 1 unspecified atom stereocenters. The minimum atomic E-state index is -0.936. The number of hydrogen-bond acceptors (Lipinski definition) is 2. The van der Waals surface area contributed by atoms with Gasteiger partial charge >= 0.3 is 12.0 Å². The Labute approximate surface area is 117 Å². The predicted octanol–water partition coefficient (Wildman–Crippen LogP) is 2.04. The number of benzene rings is 1. The summed E-state index contributed by atoms with van der Waals surface area (Å²) in [7, 11) is 0. The fraction of sp³-hybridized carbons (Fsp3) is 0.385. The number of amides is 2. The van der Waals surface area contributed by atoms with Crippen LogP contribution in [0.3, 0.4) is 0 Å². The zero-order valence-corrected chi connectivity index (χ0v) is 11.4. The van der Waals surface area contributed by atoms with Crippen LogP contribution < -0.4 is 10.6 Å². The number of carbonyl (C=O) groups is 2. The summed E-state index contributed by atoms with van der Waals surface area (Å²) in [6, 6.07) is 6.64. The minimum Gasteiger partial charge on any atom is -0.481 e. The molecule has 1 rings (SSSR count). The number of aliphatic carboxylic acids is 1. The smallest absolute Gasteiger partial charge is 0.315 e. The molecule has 0 saturated carbocycles. The van der Waals surface area contributed by atoms with E-state index in [2.05, 4.69) is 10.6 Å². The lowest BCUT2D eigenvalue weighted by Crippen LogP contribution is -2.42. The number of halogens is 1. The first kappa shape index (κ1) is 15.3. The van der Waals surface area contributed by atoms with E-state index in [4.69, 9.17) is 16.7 Å². The molecule has 1 aromatic carbocycles. The Hall–Kier alpha value is -1.75. The zero-order valence-electron chi connectivity index (χ0n) is 10.6. The average Bonchev–Trinajstić information content (AvgIpc) is 2.30. The van der Waals surface area contributed by atoms with Crippen molar-refractivity contribution in [3.05, 3.63) is 34.9 Å². The van der Waals surface area contributed by atoms with E-state index in [9.17, 15) is 9.59 Å². The third-order valence-corrected chi connectivity index (χ3v) is 2.72. The summed E-state index contributed by atoms with van der Waals surface area (Å²) >= 11 is 5.77. The number of carboxylic acids is 1. The molecule has 104 valence electrons. The van der Waals surface area contributed by atoms with Crippen LogP contribution in [0.1, 0.15) is 18.9 Å². The summed E-state index contributed by atoms with van der Waals surface area (Å²) in [4.78, 5) is 21.9. The molecule has 0 spiro atoms. The Bertz CT molecular complexity index is 434. The van der Waals surface area contributed by atoms with E-state index in [0.717, 1.165) is 5.56 Å². The van der Waals surface area contributed by atoms with E-state index >= 15 is 0 Å². The monoisotopic (exact) mass is 284 g/mol. The summed E-state index contributed by atoms with van der Waals surface area (Å²) in [5.74, 6) is -0.936. The fourth-order valence-corrected chi connectivity index (χ4v) is 1.69. The minimum absolute atomic E-state index is 0.0927. The first-order chi connectivity index (χ1) is 8.97. The van der Waals surface area contributed by atoms with Gasteiger partial charge in [-0.25, -0.2) is 4.79 Å². The standard InChI is InChI=1S/C13H17ClN2O3/c1-9(8-12(17)18)16-13(19)15-7-6-10-2-4-11(14)5-3-10/h2-5,9H,6-8H2,1H3,(H,17,18)(H2,15,16,19). The van der Waals surface area contributed by atoms with Gasteiger partial charge in [-0.3, -0.25) is 4.79 Å². The van der Waals surface area contributed by atoms with Crippen molar-refractivity contribution in [3.8, 4) is 0 Å². The van der Waals surface area contributed by atoms with Crippen molar-refractivity contribution < 1.29 is 14.7 Å². The quantitative estimate of drug-likeness (QED) is 0.748. The molecular formula is C13H17ClN2O3. The molecule has 2 amide bonds. The SMILES string of the molecule is CC(CC(=O)O)NC(=O)NCCc1ccc(Cl)cc1. The Balaban J connectivity index is 2.23. The second kappa shape index (κ2) is 7.63. The highest BCUT2D eigenvalue weighted by molar-refractivity contribution is 6.30. The van der Waals surface area contributed by atoms with Crippen molar-refractivity contribution in [2.24, 2.45) is 0 Å². The Morgan fingerprint density at radius 3 is 2.53 bits per heavy atom.